The molecule has 0 aliphatic rings. The Labute approximate surface area is 130 Å². The van der Waals surface area contributed by atoms with E-state index in [1.54, 1.807) is 19.1 Å². The number of thiazole rings is 1. The summed E-state index contributed by atoms with van der Waals surface area (Å²) in [7, 11) is 0. The Balaban J connectivity index is 2.11. The van der Waals surface area contributed by atoms with Crippen molar-refractivity contribution in [3.63, 3.8) is 0 Å². The van der Waals surface area contributed by atoms with Crippen LogP contribution in [0, 0.1) is 6.92 Å². The Morgan fingerprint density at radius 1 is 1.43 bits per heavy atom. The van der Waals surface area contributed by atoms with Crippen LogP contribution in [0.1, 0.15) is 33.9 Å². The summed E-state index contributed by atoms with van der Waals surface area (Å²) in [5, 5.41) is 14.0. The van der Waals surface area contributed by atoms with E-state index in [4.69, 9.17) is 16.7 Å². The minimum absolute atomic E-state index is 0.0481. The third kappa shape index (κ3) is 3.59. The molecule has 1 amide bonds. The maximum atomic E-state index is 12.2. The van der Waals surface area contributed by atoms with E-state index in [1.165, 1.54) is 5.38 Å². The molecule has 0 aliphatic heterocycles. The van der Waals surface area contributed by atoms with E-state index in [2.05, 4.69) is 10.3 Å². The summed E-state index contributed by atoms with van der Waals surface area (Å²) in [4.78, 5) is 26.9. The normalized spacial score (nSPS) is 12.0. The summed E-state index contributed by atoms with van der Waals surface area (Å²) in [5.41, 5.74) is 1.47. The standard InChI is InChI=1S/C14H13ClN2O3S/c1-7-3-4-9(5-10(7)15)16-12(18)8(2)13-17-11(6-21-13)14(19)20/h3-6,8H,1-2H3,(H,16,18)(H,19,20)/t8-/m0/s1. The molecule has 0 bridgehead atoms. The lowest BCUT2D eigenvalue weighted by atomic mass is 10.1. The number of carboxylic acid groups (broad SMARTS) is 1. The van der Waals surface area contributed by atoms with E-state index in [0.29, 0.717) is 15.7 Å². The van der Waals surface area contributed by atoms with Crippen LogP contribution >= 0.6 is 22.9 Å². The van der Waals surface area contributed by atoms with Gasteiger partial charge in [0.2, 0.25) is 5.91 Å². The van der Waals surface area contributed by atoms with Crippen LogP contribution in [-0.4, -0.2) is 22.0 Å². The fourth-order valence-corrected chi connectivity index (χ4v) is 2.65. The number of hydrogen-bond donors (Lipinski definition) is 2. The lowest BCUT2D eigenvalue weighted by Crippen LogP contribution is -2.19. The number of carbonyl (C=O) groups excluding carboxylic acids is 1. The molecule has 2 rings (SSSR count). The number of aryl methyl sites for hydroxylation is 1. The highest BCUT2D eigenvalue weighted by atomic mass is 35.5. The number of anilines is 1. The molecule has 0 spiro atoms. The lowest BCUT2D eigenvalue weighted by Gasteiger charge is -2.10. The van der Waals surface area contributed by atoms with Gasteiger partial charge in [-0.25, -0.2) is 9.78 Å². The summed E-state index contributed by atoms with van der Waals surface area (Å²) < 4.78 is 0. The number of amides is 1. The van der Waals surface area contributed by atoms with Gasteiger partial charge in [0.25, 0.3) is 0 Å². The molecule has 1 aromatic carbocycles. The molecule has 7 heteroatoms. The van der Waals surface area contributed by atoms with Crippen molar-refractivity contribution in [2.24, 2.45) is 0 Å². The molecule has 1 aromatic heterocycles. The molecule has 0 saturated carbocycles. The second-order valence-corrected chi connectivity index (χ2v) is 5.85. The van der Waals surface area contributed by atoms with Gasteiger partial charge in [0.05, 0.1) is 5.92 Å². The fourth-order valence-electron chi connectivity index (χ4n) is 1.62. The number of aromatic carboxylic acids is 1. The number of carbonyl (C=O) groups is 2. The zero-order valence-electron chi connectivity index (χ0n) is 11.4. The van der Waals surface area contributed by atoms with Crippen LogP contribution in [0.2, 0.25) is 5.02 Å². The first-order valence-corrected chi connectivity index (χ1v) is 7.40. The molecule has 0 unspecified atom stereocenters. The average molecular weight is 325 g/mol. The van der Waals surface area contributed by atoms with Gasteiger partial charge in [-0.15, -0.1) is 11.3 Å². The van der Waals surface area contributed by atoms with Crippen molar-refractivity contribution in [3.8, 4) is 0 Å². The van der Waals surface area contributed by atoms with Gasteiger partial charge in [-0.3, -0.25) is 4.79 Å². The highest BCUT2D eigenvalue weighted by Gasteiger charge is 2.20. The number of nitrogens with one attached hydrogen (secondary N) is 1. The summed E-state index contributed by atoms with van der Waals surface area (Å²) in [5.74, 6) is -1.90. The monoisotopic (exact) mass is 324 g/mol. The molecule has 2 N–H and O–H groups in total. The second kappa shape index (κ2) is 6.24. The van der Waals surface area contributed by atoms with Crippen molar-refractivity contribution in [3.05, 3.63) is 44.9 Å². The van der Waals surface area contributed by atoms with E-state index in [0.717, 1.165) is 16.9 Å². The van der Waals surface area contributed by atoms with Crippen LogP contribution in [0.15, 0.2) is 23.6 Å². The SMILES string of the molecule is Cc1ccc(NC(=O)[C@H](C)c2nc(C(=O)O)cs2)cc1Cl. The number of nitrogens with zero attached hydrogens (tertiary/aromatic N) is 1. The second-order valence-electron chi connectivity index (χ2n) is 4.55. The third-order valence-electron chi connectivity index (χ3n) is 2.94. The van der Waals surface area contributed by atoms with Crippen LogP contribution in [0.4, 0.5) is 5.69 Å². The predicted molar refractivity (Wildman–Crippen MR) is 82.3 cm³/mol. The average Bonchev–Trinajstić information content (AvgIpc) is 2.92. The highest BCUT2D eigenvalue weighted by Crippen LogP contribution is 2.24. The first-order chi connectivity index (χ1) is 9.88. The van der Waals surface area contributed by atoms with Gasteiger partial charge in [-0.05, 0) is 31.5 Å². The van der Waals surface area contributed by atoms with Crippen molar-refractivity contribution in [1.29, 1.82) is 0 Å². The number of rotatable bonds is 4. The maximum absolute atomic E-state index is 12.2. The molecule has 0 saturated heterocycles. The smallest absolute Gasteiger partial charge is 0.355 e. The molecule has 0 fully saturated rings. The minimum Gasteiger partial charge on any atom is -0.476 e. The van der Waals surface area contributed by atoms with Crippen LogP contribution < -0.4 is 5.32 Å². The Kier molecular flexibility index (Phi) is 4.59. The fraction of sp³-hybridized carbons (Fsp3) is 0.214. The van der Waals surface area contributed by atoms with Gasteiger partial charge in [-0.1, -0.05) is 17.7 Å². The molecule has 1 atom stereocenters. The largest absolute Gasteiger partial charge is 0.476 e. The van der Waals surface area contributed by atoms with Crippen LogP contribution in [0.5, 0.6) is 0 Å². The lowest BCUT2D eigenvalue weighted by molar-refractivity contribution is -0.117. The molecule has 5 nitrogen and oxygen atoms in total. The topological polar surface area (TPSA) is 79.3 Å². The number of carboxylic acids is 1. The Bertz CT molecular complexity index is 699. The summed E-state index contributed by atoms with van der Waals surface area (Å²) in [6.07, 6.45) is 0. The third-order valence-corrected chi connectivity index (χ3v) is 4.38. The first-order valence-electron chi connectivity index (χ1n) is 6.14. The summed E-state index contributed by atoms with van der Waals surface area (Å²) >= 11 is 7.16. The van der Waals surface area contributed by atoms with Crippen LogP contribution in [0.3, 0.4) is 0 Å². The Hall–Kier alpha value is -1.92. The molecule has 110 valence electrons. The van der Waals surface area contributed by atoms with Crippen molar-refractivity contribution in [2.45, 2.75) is 19.8 Å². The zero-order chi connectivity index (χ0) is 15.6. The van der Waals surface area contributed by atoms with Crippen LogP contribution in [-0.2, 0) is 4.79 Å². The van der Waals surface area contributed by atoms with Crippen LogP contribution in [0.25, 0.3) is 0 Å². The quantitative estimate of drug-likeness (QED) is 0.901. The number of hydrogen-bond acceptors (Lipinski definition) is 4. The van der Waals surface area contributed by atoms with Gasteiger partial charge in [0.1, 0.15) is 5.01 Å². The van der Waals surface area contributed by atoms with Crippen molar-refractivity contribution < 1.29 is 14.7 Å². The Morgan fingerprint density at radius 3 is 2.71 bits per heavy atom. The van der Waals surface area contributed by atoms with Gasteiger partial charge in [-0.2, -0.15) is 0 Å². The van der Waals surface area contributed by atoms with E-state index in [-0.39, 0.29) is 11.6 Å². The van der Waals surface area contributed by atoms with Gasteiger partial charge in [0.15, 0.2) is 5.69 Å². The van der Waals surface area contributed by atoms with Gasteiger partial charge < -0.3 is 10.4 Å². The number of benzene rings is 1. The maximum Gasteiger partial charge on any atom is 0.355 e. The number of halogens is 1. The van der Waals surface area contributed by atoms with Crippen molar-refractivity contribution in [2.75, 3.05) is 5.32 Å². The van der Waals surface area contributed by atoms with Gasteiger partial charge in [0, 0.05) is 16.1 Å². The molecule has 2 aromatic rings. The zero-order valence-corrected chi connectivity index (χ0v) is 13.0. The van der Waals surface area contributed by atoms with E-state index in [9.17, 15) is 9.59 Å². The first kappa shape index (κ1) is 15.5. The Morgan fingerprint density at radius 2 is 2.14 bits per heavy atom. The minimum atomic E-state index is -1.10. The summed E-state index contributed by atoms with van der Waals surface area (Å²) in [6.45, 7) is 3.55. The molecule has 0 radical (unpaired) electrons. The molecular weight excluding hydrogens is 312 g/mol. The van der Waals surface area contributed by atoms with Crippen molar-refractivity contribution in [1.82, 2.24) is 4.98 Å². The molecular formula is C14H13ClN2O3S. The predicted octanol–water partition coefficient (Wildman–Crippen LogP) is 3.55. The molecule has 21 heavy (non-hydrogen) atoms. The summed E-state index contributed by atoms with van der Waals surface area (Å²) in [6, 6.07) is 5.25. The van der Waals surface area contributed by atoms with E-state index in [1.807, 2.05) is 13.0 Å². The van der Waals surface area contributed by atoms with Gasteiger partial charge >= 0.3 is 5.97 Å². The molecule has 0 aliphatic carbocycles. The van der Waals surface area contributed by atoms with E-state index >= 15 is 0 Å². The van der Waals surface area contributed by atoms with E-state index < -0.39 is 11.9 Å². The highest BCUT2D eigenvalue weighted by molar-refractivity contribution is 7.10. The number of aromatic nitrogens is 1. The van der Waals surface area contributed by atoms with Crippen molar-refractivity contribution >= 4 is 40.5 Å². The molecule has 1 heterocycles.